The molecule has 7 heteroatoms. The molecule has 0 radical (unpaired) electrons. The monoisotopic (exact) mass is 279 g/mol. The SMILES string of the molecule is CCN(Cc1ccccn1)C(=O)NC(=O)CCC(=O)O. The number of aromatic nitrogens is 1. The number of pyridine rings is 1. The van der Waals surface area contributed by atoms with Gasteiger partial charge in [0.05, 0.1) is 18.7 Å². The molecule has 0 aliphatic heterocycles. The summed E-state index contributed by atoms with van der Waals surface area (Å²) in [6, 6.07) is 4.82. The van der Waals surface area contributed by atoms with Gasteiger partial charge in [0.15, 0.2) is 0 Å². The Labute approximate surface area is 116 Å². The van der Waals surface area contributed by atoms with Gasteiger partial charge in [-0.05, 0) is 19.1 Å². The number of urea groups is 1. The number of amides is 3. The van der Waals surface area contributed by atoms with Gasteiger partial charge >= 0.3 is 12.0 Å². The zero-order valence-electron chi connectivity index (χ0n) is 11.2. The average Bonchev–Trinajstić information content (AvgIpc) is 2.43. The lowest BCUT2D eigenvalue weighted by molar-refractivity contribution is -0.138. The third-order valence-electron chi connectivity index (χ3n) is 2.56. The number of imide groups is 1. The van der Waals surface area contributed by atoms with Gasteiger partial charge in [0.25, 0.3) is 0 Å². The Morgan fingerprint density at radius 1 is 1.30 bits per heavy atom. The Balaban J connectivity index is 2.50. The first-order chi connectivity index (χ1) is 9.52. The van der Waals surface area contributed by atoms with Crippen molar-refractivity contribution >= 4 is 17.9 Å². The minimum Gasteiger partial charge on any atom is -0.481 e. The normalized spacial score (nSPS) is 9.85. The molecule has 7 nitrogen and oxygen atoms in total. The highest BCUT2D eigenvalue weighted by Crippen LogP contribution is 2.01. The number of nitrogens with one attached hydrogen (secondary N) is 1. The summed E-state index contributed by atoms with van der Waals surface area (Å²) in [5, 5.41) is 10.6. The van der Waals surface area contributed by atoms with Crippen molar-refractivity contribution in [1.29, 1.82) is 0 Å². The fraction of sp³-hybridized carbons (Fsp3) is 0.385. The van der Waals surface area contributed by atoms with Crippen LogP contribution in [0.1, 0.15) is 25.5 Å². The molecule has 20 heavy (non-hydrogen) atoms. The van der Waals surface area contributed by atoms with Crippen LogP contribution in [0.3, 0.4) is 0 Å². The fourth-order valence-electron chi connectivity index (χ4n) is 1.50. The summed E-state index contributed by atoms with van der Waals surface area (Å²) in [5.74, 6) is -1.68. The Morgan fingerprint density at radius 2 is 2.05 bits per heavy atom. The molecule has 0 aliphatic carbocycles. The summed E-state index contributed by atoms with van der Waals surface area (Å²) in [6.07, 6.45) is 1.10. The number of hydrogen-bond acceptors (Lipinski definition) is 4. The summed E-state index contributed by atoms with van der Waals surface area (Å²) in [5.41, 5.74) is 0.711. The maximum atomic E-state index is 11.9. The molecular weight excluding hydrogens is 262 g/mol. The molecule has 0 fully saturated rings. The van der Waals surface area contributed by atoms with E-state index in [1.807, 2.05) is 6.07 Å². The third-order valence-corrected chi connectivity index (χ3v) is 2.56. The Morgan fingerprint density at radius 3 is 2.60 bits per heavy atom. The van der Waals surface area contributed by atoms with Crippen molar-refractivity contribution < 1.29 is 19.5 Å². The first-order valence-corrected chi connectivity index (χ1v) is 6.23. The summed E-state index contributed by atoms with van der Waals surface area (Å²) in [6.45, 7) is 2.48. The number of carboxylic acid groups (broad SMARTS) is 1. The first-order valence-electron chi connectivity index (χ1n) is 6.23. The largest absolute Gasteiger partial charge is 0.481 e. The average molecular weight is 279 g/mol. The van der Waals surface area contributed by atoms with Gasteiger partial charge in [-0.2, -0.15) is 0 Å². The number of carbonyl (C=O) groups excluding carboxylic acids is 2. The zero-order valence-corrected chi connectivity index (χ0v) is 11.2. The van der Waals surface area contributed by atoms with E-state index >= 15 is 0 Å². The molecule has 0 saturated carbocycles. The fourth-order valence-corrected chi connectivity index (χ4v) is 1.50. The molecular formula is C13H17N3O4. The summed E-state index contributed by atoms with van der Waals surface area (Å²) in [4.78, 5) is 39.1. The Kier molecular flexibility index (Phi) is 6.15. The van der Waals surface area contributed by atoms with Crippen molar-refractivity contribution in [2.24, 2.45) is 0 Å². The standard InChI is InChI=1S/C13H17N3O4/c1-2-16(9-10-5-3-4-8-14-10)13(20)15-11(17)6-7-12(18)19/h3-5,8H,2,6-7,9H2,1H3,(H,18,19)(H,15,17,20). The van der Waals surface area contributed by atoms with E-state index in [1.54, 1.807) is 25.3 Å². The highest BCUT2D eigenvalue weighted by atomic mass is 16.4. The van der Waals surface area contributed by atoms with E-state index in [2.05, 4.69) is 10.3 Å². The van der Waals surface area contributed by atoms with E-state index < -0.39 is 17.9 Å². The highest BCUT2D eigenvalue weighted by molar-refractivity contribution is 5.95. The Hall–Kier alpha value is -2.44. The molecule has 0 spiro atoms. The van der Waals surface area contributed by atoms with Crippen LogP contribution in [0.4, 0.5) is 4.79 Å². The van der Waals surface area contributed by atoms with Crippen molar-refractivity contribution in [2.75, 3.05) is 6.54 Å². The summed E-state index contributed by atoms with van der Waals surface area (Å²) in [7, 11) is 0. The molecule has 1 rings (SSSR count). The van der Waals surface area contributed by atoms with Gasteiger partial charge in [-0.1, -0.05) is 6.07 Å². The Bertz CT molecular complexity index is 476. The molecule has 1 aromatic heterocycles. The van der Waals surface area contributed by atoms with Crippen LogP contribution in [0, 0.1) is 0 Å². The number of carboxylic acids is 1. The summed E-state index contributed by atoms with van der Waals surface area (Å²) < 4.78 is 0. The van der Waals surface area contributed by atoms with Crippen LogP contribution in [-0.4, -0.2) is 39.4 Å². The first kappa shape index (κ1) is 15.6. The molecule has 108 valence electrons. The third kappa shape index (κ3) is 5.47. The van der Waals surface area contributed by atoms with Gasteiger partial charge in [-0.15, -0.1) is 0 Å². The van der Waals surface area contributed by atoms with Crippen LogP contribution < -0.4 is 5.32 Å². The van der Waals surface area contributed by atoms with E-state index in [1.165, 1.54) is 4.90 Å². The number of hydrogen-bond donors (Lipinski definition) is 2. The molecule has 0 saturated heterocycles. The summed E-state index contributed by atoms with van der Waals surface area (Å²) >= 11 is 0. The van der Waals surface area contributed by atoms with Gasteiger partial charge < -0.3 is 10.0 Å². The van der Waals surface area contributed by atoms with E-state index in [4.69, 9.17) is 5.11 Å². The molecule has 0 aromatic carbocycles. The zero-order chi connectivity index (χ0) is 15.0. The van der Waals surface area contributed by atoms with Crippen molar-refractivity contribution in [3.8, 4) is 0 Å². The second-order valence-corrected chi connectivity index (χ2v) is 4.08. The van der Waals surface area contributed by atoms with E-state index in [0.717, 1.165) is 0 Å². The maximum absolute atomic E-state index is 11.9. The molecule has 1 heterocycles. The van der Waals surface area contributed by atoms with Gasteiger partial charge in [-0.3, -0.25) is 19.9 Å². The topological polar surface area (TPSA) is 99.6 Å². The predicted octanol–water partition coefficient (Wildman–Crippen LogP) is 1.00. The lowest BCUT2D eigenvalue weighted by Gasteiger charge is -2.20. The van der Waals surface area contributed by atoms with Crippen molar-refractivity contribution in [3.05, 3.63) is 30.1 Å². The molecule has 0 aliphatic rings. The minimum atomic E-state index is -1.08. The molecule has 0 atom stereocenters. The van der Waals surface area contributed by atoms with Crippen LogP contribution in [0.2, 0.25) is 0 Å². The van der Waals surface area contributed by atoms with Gasteiger partial charge in [-0.25, -0.2) is 4.79 Å². The van der Waals surface area contributed by atoms with Gasteiger partial charge in [0.1, 0.15) is 0 Å². The van der Waals surface area contributed by atoms with Crippen LogP contribution >= 0.6 is 0 Å². The van der Waals surface area contributed by atoms with Crippen LogP contribution in [-0.2, 0) is 16.1 Å². The molecule has 0 unspecified atom stereocenters. The van der Waals surface area contributed by atoms with E-state index in [9.17, 15) is 14.4 Å². The molecule has 2 N–H and O–H groups in total. The van der Waals surface area contributed by atoms with Crippen molar-refractivity contribution in [1.82, 2.24) is 15.2 Å². The smallest absolute Gasteiger partial charge is 0.324 e. The molecule has 1 aromatic rings. The number of carbonyl (C=O) groups is 3. The van der Waals surface area contributed by atoms with Crippen molar-refractivity contribution in [2.45, 2.75) is 26.3 Å². The van der Waals surface area contributed by atoms with E-state index in [-0.39, 0.29) is 19.4 Å². The van der Waals surface area contributed by atoms with E-state index in [0.29, 0.717) is 12.2 Å². The number of rotatable bonds is 6. The van der Waals surface area contributed by atoms with Crippen molar-refractivity contribution in [3.63, 3.8) is 0 Å². The van der Waals surface area contributed by atoms with Crippen LogP contribution in [0.25, 0.3) is 0 Å². The molecule has 0 bridgehead atoms. The number of nitrogens with zero attached hydrogens (tertiary/aromatic N) is 2. The highest BCUT2D eigenvalue weighted by Gasteiger charge is 2.16. The number of aliphatic carboxylic acids is 1. The van der Waals surface area contributed by atoms with Gasteiger partial charge in [0, 0.05) is 19.2 Å². The lowest BCUT2D eigenvalue weighted by atomic mass is 10.3. The maximum Gasteiger partial charge on any atom is 0.324 e. The van der Waals surface area contributed by atoms with Gasteiger partial charge in [0.2, 0.25) is 5.91 Å². The van der Waals surface area contributed by atoms with Crippen LogP contribution in [0.5, 0.6) is 0 Å². The predicted molar refractivity (Wildman–Crippen MR) is 70.7 cm³/mol. The second kappa shape index (κ2) is 7.88. The minimum absolute atomic E-state index is 0.220. The van der Waals surface area contributed by atoms with Crippen LogP contribution in [0.15, 0.2) is 24.4 Å². The molecule has 3 amide bonds. The second-order valence-electron chi connectivity index (χ2n) is 4.08. The lowest BCUT2D eigenvalue weighted by Crippen LogP contribution is -2.42. The quantitative estimate of drug-likeness (QED) is 0.809.